The van der Waals surface area contributed by atoms with Crippen molar-refractivity contribution in [3.05, 3.63) is 77.4 Å². The summed E-state index contributed by atoms with van der Waals surface area (Å²) in [6, 6.07) is 18.9. The Labute approximate surface area is 187 Å². The fraction of sp³-hybridized carbons (Fsp3) is 0.320. The first-order valence-electron chi connectivity index (χ1n) is 10.7. The molecule has 168 valence electrons. The summed E-state index contributed by atoms with van der Waals surface area (Å²) in [7, 11) is 0. The Morgan fingerprint density at radius 2 is 1.62 bits per heavy atom. The standard InChI is InChI=1S/C23H26N2O.C2H2O4/c1-18-21-10-5-6-11-22(21)23(26)25(18)15-7-14-24-16-12-20(13-17-24)19-8-3-2-4-9-19;3-1(4)2(5)6/h2-6,8-12,18H,7,13-17H2,1H3;(H,3,4)(H,5,6). The lowest BCUT2D eigenvalue weighted by molar-refractivity contribution is -0.159. The van der Waals surface area contributed by atoms with Crippen LogP contribution in [-0.4, -0.2) is 64.0 Å². The molecule has 7 heteroatoms. The smallest absolute Gasteiger partial charge is 0.414 e. The lowest BCUT2D eigenvalue weighted by Gasteiger charge is -2.28. The van der Waals surface area contributed by atoms with Gasteiger partial charge in [-0.1, -0.05) is 54.6 Å². The van der Waals surface area contributed by atoms with Crippen molar-refractivity contribution in [2.45, 2.75) is 25.8 Å². The summed E-state index contributed by atoms with van der Waals surface area (Å²) >= 11 is 0. The van der Waals surface area contributed by atoms with Crippen molar-refractivity contribution >= 4 is 23.4 Å². The Hall–Kier alpha value is -3.45. The fourth-order valence-electron chi connectivity index (χ4n) is 4.14. The predicted octanol–water partition coefficient (Wildman–Crippen LogP) is 3.54. The highest BCUT2D eigenvalue weighted by atomic mass is 16.4. The SMILES string of the molecule is CC1c2ccccc2C(=O)N1CCCN1CC=C(c2ccccc2)CC1.O=C(O)C(=O)O. The Balaban J connectivity index is 0.000000427. The van der Waals surface area contributed by atoms with Crippen LogP contribution in [0.15, 0.2) is 60.7 Å². The van der Waals surface area contributed by atoms with E-state index in [9.17, 15) is 4.79 Å². The number of benzene rings is 2. The average molecular weight is 437 g/mol. The van der Waals surface area contributed by atoms with Crippen LogP contribution in [0.5, 0.6) is 0 Å². The van der Waals surface area contributed by atoms with Crippen LogP contribution in [0.3, 0.4) is 0 Å². The summed E-state index contributed by atoms with van der Waals surface area (Å²) in [4.78, 5) is 35.3. The molecule has 2 heterocycles. The van der Waals surface area contributed by atoms with Gasteiger partial charge < -0.3 is 15.1 Å². The first-order chi connectivity index (χ1) is 15.4. The Bertz CT molecular complexity index is 990. The molecule has 1 amide bonds. The largest absolute Gasteiger partial charge is 0.473 e. The van der Waals surface area contributed by atoms with E-state index in [1.807, 2.05) is 23.1 Å². The molecule has 0 radical (unpaired) electrons. The van der Waals surface area contributed by atoms with Gasteiger partial charge in [-0.3, -0.25) is 9.69 Å². The second kappa shape index (κ2) is 10.7. The van der Waals surface area contributed by atoms with E-state index in [4.69, 9.17) is 19.8 Å². The molecule has 2 N–H and O–H groups in total. The van der Waals surface area contributed by atoms with Crippen LogP contribution in [0.25, 0.3) is 5.57 Å². The number of amides is 1. The predicted molar refractivity (Wildman–Crippen MR) is 121 cm³/mol. The number of carbonyl (C=O) groups excluding carboxylic acids is 1. The number of carboxylic acid groups (broad SMARTS) is 2. The zero-order valence-corrected chi connectivity index (χ0v) is 18.1. The molecule has 0 aromatic heterocycles. The number of fused-ring (bicyclic) bond motifs is 1. The number of rotatable bonds is 5. The zero-order valence-electron chi connectivity index (χ0n) is 18.1. The minimum Gasteiger partial charge on any atom is -0.473 e. The van der Waals surface area contributed by atoms with Crippen LogP contribution < -0.4 is 0 Å². The van der Waals surface area contributed by atoms with E-state index >= 15 is 0 Å². The van der Waals surface area contributed by atoms with E-state index in [0.29, 0.717) is 0 Å². The van der Waals surface area contributed by atoms with Gasteiger partial charge in [-0.25, -0.2) is 9.59 Å². The van der Waals surface area contributed by atoms with Gasteiger partial charge in [0.2, 0.25) is 0 Å². The molecular formula is C25H28N2O5. The maximum absolute atomic E-state index is 12.6. The quantitative estimate of drug-likeness (QED) is 0.696. The van der Waals surface area contributed by atoms with E-state index < -0.39 is 11.9 Å². The maximum Gasteiger partial charge on any atom is 0.414 e. The first kappa shape index (κ1) is 23.2. The third-order valence-corrected chi connectivity index (χ3v) is 5.86. The van der Waals surface area contributed by atoms with Gasteiger partial charge in [0, 0.05) is 31.7 Å². The third kappa shape index (κ3) is 5.62. The van der Waals surface area contributed by atoms with Crippen molar-refractivity contribution < 1.29 is 24.6 Å². The van der Waals surface area contributed by atoms with Gasteiger partial charge in [0.1, 0.15) is 0 Å². The second-order valence-electron chi connectivity index (χ2n) is 7.87. The molecule has 0 bridgehead atoms. The third-order valence-electron chi connectivity index (χ3n) is 5.86. The van der Waals surface area contributed by atoms with Gasteiger partial charge in [-0.2, -0.15) is 0 Å². The first-order valence-corrected chi connectivity index (χ1v) is 10.7. The van der Waals surface area contributed by atoms with Crippen LogP contribution in [0, 0.1) is 0 Å². The number of aliphatic carboxylic acids is 2. The summed E-state index contributed by atoms with van der Waals surface area (Å²) < 4.78 is 0. The highest BCUT2D eigenvalue weighted by Crippen LogP contribution is 2.33. The van der Waals surface area contributed by atoms with Crippen LogP contribution in [0.2, 0.25) is 0 Å². The number of nitrogens with zero attached hydrogens (tertiary/aromatic N) is 2. The summed E-state index contributed by atoms with van der Waals surface area (Å²) in [5, 5.41) is 14.8. The van der Waals surface area contributed by atoms with Crippen LogP contribution in [0.4, 0.5) is 0 Å². The molecule has 2 aliphatic rings. The number of carbonyl (C=O) groups is 3. The number of hydrogen-bond acceptors (Lipinski definition) is 4. The van der Waals surface area contributed by atoms with Crippen molar-refractivity contribution in [1.82, 2.24) is 9.80 Å². The molecule has 2 aromatic rings. The molecule has 0 spiro atoms. The number of hydrogen-bond donors (Lipinski definition) is 2. The maximum atomic E-state index is 12.6. The molecule has 7 nitrogen and oxygen atoms in total. The molecule has 0 fully saturated rings. The van der Waals surface area contributed by atoms with Gasteiger partial charge in [-0.05, 0) is 42.5 Å². The summed E-state index contributed by atoms with van der Waals surface area (Å²) in [5.41, 5.74) is 4.86. The van der Waals surface area contributed by atoms with E-state index in [-0.39, 0.29) is 11.9 Å². The highest BCUT2D eigenvalue weighted by molar-refractivity contribution is 6.27. The lowest BCUT2D eigenvalue weighted by atomic mass is 9.99. The van der Waals surface area contributed by atoms with Crippen LogP contribution >= 0.6 is 0 Å². The van der Waals surface area contributed by atoms with Gasteiger partial charge in [-0.15, -0.1) is 0 Å². The van der Waals surface area contributed by atoms with Gasteiger partial charge in [0.15, 0.2) is 0 Å². The molecular weight excluding hydrogens is 408 g/mol. The Morgan fingerprint density at radius 1 is 0.969 bits per heavy atom. The highest BCUT2D eigenvalue weighted by Gasteiger charge is 2.32. The van der Waals surface area contributed by atoms with E-state index in [1.54, 1.807) is 0 Å². The molecule has 1 unspecified atom stereocenters. The number of carboxylic acids is 2. The van der Waals surface area contributed by atoms with E-state index in [0.717, 1.165) is 44.6 Å². The monoisotopic (exact) mass is 436 g/mol. The second-order valence-corrected chi connectivity index (χ2v) is 7.87. The lowest BCUT2D eigenvalue weighted by Crippen LogP contribution is -2.33. The molecule has 0 saturated carbocycles. The van der Waals surface area contributed by atoms with Crippen molar-refractivity contribution in [2.75, 3.05) is 26.2 Å². The van der Waals surface area contributed by atoms with Crippen LogP contribution in [-0.2, 0) is 9.59 Å². The van der Waals surface area contributed by atoms with E-state index in [1.165, 1.54) is 16.7 Å². The van der Waals surface area contributed by atoms with Crippen molar-refractivity contribution in [3.63, 3.8) is 0 Å². The normalized spacial score (nSPS) is 17.8. The fourth-order valence-corrected chi connectivity index (χ4v) is 4.14. The Kier molecular flexibility index (Phi) is 7.78. The molecule has 2 aromatic carbocycles. The summed E-state index contributed by atoms with van der Waals surface area (Å²) in [6.07, 6.45) is 4.49. The molecule has 2 aliphatic heterocycles. The average Bonchev–Trinajstić information content (AvgIpc) is 3.05. The molecule has 32 heavy (non-hydrogen) atoms. The van der Waals surface area contributed by atoms with Gasteiger partial charge in [0.25, 0.3) is 5.91 Å². The minimum absolute atomic E-state index is 0.193. The summed E-state index contributed by atoms with van der Waals surface area (Å²) in [5.74, 6) is -3.46. The van der Waals surface area contributed by atoms with Crippen molar-refractivity contribution in [1.29, 1.82) is 0 Å². The van der Waals surface area contributed by atoms with Crippen molar-refractivity contribution in [2.24, 2.45) is 0 Å². The topological polar surface area (TPSA) is 98.2 Å². The van der Waals surface area contributed by atoms with E-state index in [2.05, 4.69) is 54.3 Å². The van der Waals surface area contributed by atoms with Gasteiger partial charge >= 0.3 is 11.9 Å². The Morgan fingerprint density at radius 3 is 2.22 bits per heavy atom. The molecule has 4 rings (SSSR count). The zero-order chi connectivity index (χ0) is 23.1. The minimum atomic E-state index is -1.82. The summed E-state index contributed by atoms with van der Waals surface area (Å²) in [6.45, 7) is 6.13. The van der Waals surface area contributed by atoms with Crippen LogP contribution in [0.1, 0.15) is 47.3 Å². The molecule has 0 aliphatic carbocycles. The molecule has 1 atom stereocenters. The van der Waals surface area contributed by atoms with Crippen molar-refractivity contribution in [3.8, 4) is 0 Å². The van der Waals surface area contributed by atoms with Gasteiger partial charge in [0.05, 0.1) is 6.04 Å². The molecule has 0 saturated heterocycles.